The molecule has 1 saturated heterocycles. The van der Waals surface area contributed by atoms with Crippen molar-refractivity contribution in [2.75, 3.05) is 31.1 Å². The lowest BCUT2D eigenvalue weighted by molar-refractivity contribution is -0.132. The van der Waals surface area contributed by atoms with E-state index in [1.165, 1.54) is 17.0 Å². The number of hydrogen-bond acceptors (Lipinski definition) is 4. The van der Waals surface area contributed by atoms with Crippen molar-refractivity contribution < 1.29 is 4.79 Å². The number of amides is 1. The molecule has 0 radical (unpaired) electrons. The maximum atomic E-state index is 12.7. The fraction of sp³-hybridized carbons (Fsp3) is 0.250. The molecule has 0 bridgehead atoms. The van der Waals surface area contributed by atoms with Gasteiger partial charge in [-0.2, -0.15) is 0 Å². The maximum absolute atomic E-state index is 12.7. The van der Waals surface area contributed by atoms with E-state index in [0.717, 1.165) is 18.8 Å². The molecule has 144 valence electrons. The number of para-hydroxylation sites is 1. The number of carbonyl (C=O) groups is 1. The average Bonchev–Trinajstić information content (AvgIpc) is 2.71. The van der Waals surface area contributed by atoms with E-state index in [1.54, 1.807) is 11.0 Å². The summed E-state index contributed by atoms with van der Waals surface area (Å²) in [6.07, 6.45) is 1.36. The van der Waals surface area contributed by atoms with Gasteiger partial charge in [0.2, 0.25) is 5.91 Å². The minimum absolute atomic E-state index is 0.0583. The molecule has 0 spiro atoms. The van der Waals surface area contributed by atoms with Crippen LogP contribution in [0.1, 0.15) is 0 Å². The lowest BCUT2D eigenvalue weighted by Gasteiger charge is -2.36. The summed E-state index contributed by atoms with van der Waals surface area (Å²) < 4.78 is 1.31. The average molecular weight is 417 g/mol. The van der Waals surface area contributed by atoms with Gasteiger partial charge >= 0.3 is 0 Å². The molecule has 2 heterocycles. The van der Waals surface area contributed by atoms with Gasteiger partial charge in [-0.3, -0.25) is 14.2 Å². The van der Waals surface area contributed by atoms with Gasteiger partial charge in [0.05, 0.1) is 22.3 Å². The van der Waals surface area contributed by atoms with Crippen LogP contribution in [0.15, 0.2) is 53.6 Å². The summed E-state index contributed by atoms with van der Waals surface area (Å²) in [6, 6.07) is 13.2. The van der Waals surface area contributed by atoms with Crippen molar-refractivity contribution in [3.63, 3.8) is 0 Å². The van der Waals surface area contributed by atoms with Crippen LogP contribution in [-0.2, 0) is 11.3 Å². The van der Waals surface area contributed by atoms with Crippen LogP contribution in [0.3, 0.4) is 0 Å². The van der Waals surface area contributed by atoms with E-state index in [-0.39, 0.29) is 18.0 Å². The molecule has 2 aromatic carbocycles. The summed E-state index contributed by atoms with van der Waals surface area (Å²) in [5, 5.41) is 0.981. The van der Waals surface area contributed by atoms with Crippen molar-refractivity contribution in [3.05, 3.63) is 69.2 Å². The van der Waals surface area contributed by atoms with Crippen LogP contribution < -0.4 is 10.5 Å². The van der Waals surface area contributed by atoms with Gasteiger partial charge < -0.3 is 9.80 Å². The Balaban J connectivity index is 1.47. The van der Waals surface area contributed by atoms with E-state index < -0.39 is 0 Å². The van der Waals surface area contributed by atoms with Crippen LogP contribution in [0.4, 0.5) is 5.69 Å². The smallest absolute Gasteiger partial charge is 0.261 e. The second-order valence-electron chi connectivity index (χ2n) is 6.66. The van der Waals surface area contributed by atoms with E-state index in [9.17, 15) is 9.59 Å². The van der Waals surface area contributed by atoms with Gasteiger partial charge in [0.15, 0.2) is 0 Å². The number of nitrogens with zero attached hydrogens (tertiary/aromatic N) is 4. The molecule has 0 atom stereocenters. The van der Waals surface area contributed by atoms with Gasteiger partial charge in [-0.25, -0.2) is 4.98 Å². The Morgan fingerprint density at radius 3 is 2.46 bits per heavy atom. The van der Waals surface area contributed by atoms with Crippen LogP contribution >= 0.6 is 23.2 Å². The molecule has 1 aliphatic rings. The zero-order valence-electron chi connectivity index (χ0n) is 15.0. The normalized spacial score (nSPS) is 14.5. The Morgan fingerprint density at radius 1 is 1.04 bits per heavy atom. The zero-order chi connectivity index (χ0) is 19.7. The molecule has 28 heavy (non-hydrogen) atoms. The lowest BCUT2D eigenvalue weighted by Crippen LogP contribution is -2.50. The monoisotopic (exact) mass is 416 g/mol. The number of rotatable bonds is 3. The van der Waals surface area contributed by atoms with Crippen molar-refractivity contribution in [1.29, 1.82) is 0 Å². The number of aromatic nitrogens is 2. The van der Waals surface area contributed by atoms with Crippen LogP contribution in [0.2, 0.25) is 10.0 Å². The molecule has 6 nitrogen and oxygen atoms in total. The third kappa shape index (κ3) is 3.70. The van der Waals surface area contributed by atoms with E-state index in [4.69, 9.17) is 23.2 Å². The summed E-state index contributed by atoms with van der Waals surface area (Å²) >= 11 is 12.1. The minimum Gasteiger partial charge on any atom is -0.368 e. The molecule has 1 aliphatic heterocycles. The number of carbonyl (C=O) groups excluding carboxylic acids is 1. The molecular formula is C20H18Cl2N4O2. The third-order valence-electron chi connectivity index (χ3n) is 4.90. The molecular weight excluding hydrogens is 399 g/mol. The number of piperazine rings is 1. The van der Waals surface area contributed by atoms with Crippen LogP contribution in [0.5, 0.6) is 0 Å². The first kappa shape index (κ1) is 18.8. The molecule has 3 aromatic rings. The molecule has 0 aliphatic carbocycles. The highest BCUT2D eigenvalue weighted by molar-refractivity contribution is 6.38. The minimum atomic E-state index is -0.328. The predicted molar refractivity (Wildman–Crippen MR) is 111 cm³/mol. The Hall–Kier alpha value is -2.57. The second kappa shape index (κ2) is 7.81. The largest absolute Gasteiger partial charge is 0.368 e. The fourth-order valence-electron chi connectivity index (χ4n) is 3.41. The first-order chi connectivity index (χ1) is 13.5. The quantitative estimate of drug-likeness (QED) is 0.658. The Bertz CT molecular complexity index is 1080. The van der Waals surface area contributed by atoms with Crippen molar-refractivity contribution in [1.82, 2.24) is 14.5 Å². The highest BCUT2D eigenvalue weighted by Crippen LogP contribution is 2.24. The molecule has 0 saturated carbocycles. The standard InChI is InChI=1S/C20H18Cl2N4O2/c21-14-10-16-19(17(22)11-14)23-13-26(20(16)28)12-18(27)25-8-6-24(7-9-25)15-4-2-1-3-5-15/h1-5,10-11,13H,6-9,12H2. The second-order valence-corrected chi connectivity index (χ2v) is 7.51. The number of halogens is 2. The SMILES string of the molecule is O=C(Cn1cnc2c(Cl)cc(Cl)cc2c1=O)N1CCN(c2ccccc2)CC1. The van der Waals surface area contributed by atoms with E-state index in [2.05, 4.69) is 22.0 Å². The Labute approximate surface area is 171 Å². The summed E-state index contributed by atoms with van der Waals surface area (Å²) in [5.41, 5.74) is 1.21. The van der Waals surface area contributed by atoms with Gasteiger partial charge in [0.25, 0.3) is 5.56 Å². The van der Waals surface area contributed by atoms with Gasteiger partial charge in [-0.15, -0.1) is 0 Å². The van der Waals surface area contributed by atoms with E-state index >= 15 is 0 Å². The van der Waals surface area contributed by atoms with Crippen LogP contribution in [-0.4, -0.2) is 46.5 Å². The highest BCUT2D eigenvalue weighted by atomic mass is 35.5. The highest BCUT2D eigenvalue weighted by Gasteiger charge is 2.22. The van der Waals surface area contributed by atoms with Crippen LogP contribution in [0, 0.1) is 0 Å². The predicted octanol–water partition coefficient (Wildman–Crippen LogP) is 3.05. The van der Waals surface area contributed by atoms with Gasteiger partial charge in [-0.05, 0) is 24.3 Å². The molecule has 8 heteroatoms. The van der Waals surface area contributed by atoms with Crippen LogP contribution in [0.25, 0.3) is 10.9 Å². The number of hydrogen-bond donors (Lipinski definition) is 0. The molecule has 0 unspecified atom stereocenters. The summed E-state index contributed by atoms with van der Waals surface area (Å²) in [5.74, 6) is -0.107. The van der Waals surface area contributed by atoms with E-state index in [0.29, 0.717) is 34.0 Å². The Kier molecular flexibility index (Phi) is 5.24. The number of fused-ring (bicyclic) bond motifs is 1. The van der Waals surface area contributed by atoms with Crippen molar-refractivity contribution >= 4 is 45.7 Å². The molecule has 4 rings (SSSR count). The molecule has 1 aromatic heterocycles. The Morgan fingerprint density at radius 2 is 1.75 bits per heavy atom. The first-order valence-electron chi connectivity index (χ1n) is 8.95. The number of benzene rings is 2. The number of anilines is 1. The summed E-state index contributed by atoms with van der Waals surface area (Å²) in [7, 11) is 0. The van der Waals surface area contributed by atoms with Crippen molar-refractivity contribution in [2.45, 2.75) is 6.54 Å². The lowest BCUT2D eigenvalue weighted by atomic mass is 10.2. The van der Waals surface area contributed by atoms with Crippen molar-refractivity contribution in [2.24, 2.45) is 0 Å². The fourth-order valence-corrected chi connectivity index (χ4v) is 3.95. The summed E-state index contributed by atoms with van der Waals surface area (Å²) in [6.45, 7) is 2.68. The molecule has 0 N–H and O–H groups in total. The third-order valence-corrected chi connectivity index (χ3v) is 5.41. The first-order valence-corrected chi connectivity index (χ1v) is 9.70. The van der Waals surface area contributed by atoms with E-state index in [1.807, 2.05) is 18.2 Å². The van der Waals surface area contributed by atoms with Crippen molar-refractivity contribution in [3.8, 4) is 0 Å². The summed E-state index contributed by atoms with van der Waals surface area (Å²) in [4.78, 5) is 33.7. The zero-order valence-corrected chi connectivity index (χ0v) is 16.5. The van der Waals surface area contributed by atoms with Gasteiger partial charge in [0, 0.05) is 36.9 Å². The molecule has 1 fully saturated rings. The van der Waals surface area contributed by atoms with Gasteiger partial charge in [-0.1, -0.05) is 41.4 Å². The topological polar surface area (TPSA) is 58.4 Å². The van der Waals surface area contributed by atoms with Gasteiger partial charge in [0.1, 0.15) is 6.54 Å². The molecule has 1 amide bonds. The maximum Gasteiger partial charge on any atom is 0.261 e.